The van der Waals surface area contributed by atoms with Crippen LogP contribution in [-0.2, 0) is 16.8 Å². The Morgan fingerprint density at radius 1 is 1.29 bits per heavy atom. The molecule has 3 rings (SSSR count). The Morgan fingerprint density at radius 2 is 2.00 bits per heavy atom. The van der Waals surface area contributed by atoms with Crippen LogP contribution in [0.15, 0.2) is 4.52 Å². The van der Waals surface area contributed by atoms with Crippen molar-refractivity contribution in [3.8, 4) is 0 Å². The minimum atomic E-state index is -0.326. The van der Waals surface area contributed by atoms with Crippen molar-refractivity contribution in [3.05, 3.63) is 11.7 Å². The van der Waals surface area contributed by atoms with Gasteiger partial charge in [0.25, 0.3) is 0 Å². The molecule has 2 saturated carbocycles. The van der Waals surface area contributed by atoms with Gasteiger partial charge in [0.2, 0.25) is 11.7 Å². The summed E-state index contributed by atoms with van der Waals surface area (Å²) in [6, 6.07) is 0.464. The molecule has 0 saturated heterocycles. The fourth-order valence-corrected chi connectivity index (χ4v) is 3.53. The average molecular weight is 293 g/mol. The molecule has 0 aliphatic heterocycles. The van der Waals surface area contributed by atoms with Gasteiger partial charge in [0, 0.05) is 19.6 Å². The molecule has 21 heavy (non-hydrogen) atoms. The first-order chi connectivity index (χ1) is 10.3. The minimum absolute atomic E-state index is 0.326. The van der Waals surface area contributed by atoms with Gasteiger partial charge < -0.3 is 14.6 Å². The van der Waals surface area contributed by atoms with E-state index >= 15 is 0 Å². The maximum Gasteiger partial charge on any atom is 0.228 e. The Bertz CT molecular complexity index is 448. The molecule has 0 bridgehead atoms. The summed E-state index contributed by atoms with van der Waals surface area (Å²) in [5.74, 6) is 2.28. The molecule has 0 radical (unpaired) electrons. The maximum absolute atomic E-state index is 5.85. The first-order valence-electron chi connectivity index (χ1n) is 8.33. The van der Waals surface area contributed by atoms with E-state index in [0.717, 1.165) is 36.9 Å². The molecular formula is C16H27N3O2. The SMILES string of the molecule is CNC(Cc1nc(C2(OC)CCCCCC2)no1)C1CC1. The zero-order chi connectivity index (χ0) is 14.7. The Balaban J connectivity index is 1.72. The number of nitrogens with zero attached hydrogens (tertiary/aromatic N) is 2. The van der Waals surface area contributed by atoms with Crippen LogP contribution in [0.5, 0.6) is 0 Å². The van der Waals surface area contributed by atoms with Crippen molar-refractivity contribution in [1.29, 1.82) is 0 Å². The summed E-state index contributed by atoms with van der Waals surface area (Å²) in [5.41, 5.74) is -0.326. The number of likely N-dealkylation sites (N-methyl/N-ethyl adjacent to an activating group) is 1. The number of methoxy groups -OCH3 is 1. The van der Waals surface area contributed by atoms with Gasteiger partial charge in [-0.05, 0) is 38.6 Å². The Kier molecular flexibility index (Phi) is 4.60. The summed E-state index contributed by atoms with van der Waals surface area (Å²) in [6.07, 6.45) is 10.4. The molecule has 0 aromatic carbocycles. The molecule has 1 N–H and O–H groups in total. The van der Waals surface area contributed by atoms with Crippen LogP contribution in [0, 0.1) is 5.92 Å². The maximum atomic E-state index is 5.85. The molecule has 1 heterocycles. The first kappa shape index (κ1) is 15.0. The van der Waals surface area contributed by atoms with Crippen molar-refractivity contribution in [3.63, 3.8) is 0 Å². The summed E-state index contributed by atoms with van der Waals surface area (Å²) in [5, 5.41) is 7.63. The second-order valence-electron chi connectivity index (χ2n) is 6.56. The van der Waals surface area contributed by atoms with Crippen LogP contribution in [0.2, 0.25) is 0 Å². The van der Waals surface area contributed by atoms with Crippen molar-refractivity contribution >= 4 is 0 Å². The van der Waals surface area contributed by atoms with Gasteiger partial charge >= 0.3 is 0 Å². The number of aromatic nitrogens is 2. The molecule has 1 aromatic heterocycles. The Morgan fingerprint density at radius 3 is 2.57 bits per heavy atom. The largest absolute Gasteiger partial charge is 0.370 e. The van der Waals surface area contributed by atoms with Crippen LogP contribution >= 0.6 is 0 Å². The highest BCUT2D eigenvalue weighted by Crippen LogP contribution is 2.38. The van der Waals surface area contributed by atoms with Crippen molar-refractivity contribution in [2.45, 2.75) is 69.4 Å². The zero-order valence-electron chi connectivity index (χ0n) is 13.2. The van der Waals surface area contributed by atoms with E-state index in [-0.39, 0.29) is 5.60 Å². The average Bonchev–Trinajstić information content (AvgIpc) is 3.29. The third kappa shape index (κ3) is 3.29. The molecule has 0 spiro atoms. The van der Waals surface area contributed by atoms with Gasteiger partial charge in [-0.2, -0.15) is 4.98 Å². The summed E-state index contributed by atoms with van der Waals surface area (Å²) in [4.78, 5) is 4.67. The quantitative estimate of drug-likeness (QED) is 0.817. The van der Waals surface area contributed by atoms with Crippen LogP contribution in [0.25, 0.3) is 0 Å². The number of rotatable bonds is 6. The zero-order valence-corrected chi connectivity index (χ0v) is 13.2. The molecule has 2 aliphatic rings. The highest BCUT2D eigenvalue weighted by atomic mass is 16.5. The van der Waals surface area contributed by atoms with Crippen LogP contribution < -0.4 is 5.32 Å². The van der Waals surface area contributed by atoms with E-state index in [1.165, 1.54) is 38.5 Å². The molecule has 118 valence electrons. The number of nitrogens with one attached hydrogen (secondary N) is 1. The van der Waals surface area contributed by atoms with E-state index in [4.69, 9.17) is 9.26 Å². The smallest absolute Gasteiger partial charge is 0.228 e. The van der Waals surface area contributed by atoms with E-state index < -0.39 is 0 Å². The van der Waals surface area contributed by atoms with Gasteiger partial charge in [-0.25, -0.2) is 0 Å². The molecule has 2 aliphatic carbocycles. The molecule has 1 unspecified atom stereocenters. The standard InChI is InChI=1S/C16H27N3O2/c1-17-13(12-7-8-12)11-14-18-15(19-21-14)16(20-2)9-5-3-4-6-10-16/h12-13,17H,3-11H2,1-2H3. The predicted octanol–water partition coefficient (Wildman–Crippen LogP) is 2.81. The Hall–Kier alpha value is -0.940. The summed E-state index contributed by atoms with van der Waals surface area (Å²) in [6.45, 7) is 0. The molecular weight excluding hydrogens is 266 g/mol. The van der Waals surface area contributed by atoms with Crippen LogP contribution in [0.4, 0.5) is 0 Å². The van der Waals surface area contributed by atoms with Crippen LogP contribution in [0.1, 0.15) is 63.1 Å². The van der Waals surface area contributed by atoms with Crippen molar-refractivity contribution in [2.75, 3.05) is 14.2 Å². The molecule has 1 aromatic rings. The van der Waals surface area contributed by atoms with Crippen LogP contribution in [0.3, 0.4) is 0 Å². The van der Waals surface area contributed by atoms with Gasteiger partial charge in [-0.15, -0.1) is 0 Å². The normalized spacial score (nSPS) is 23.7. The number of hydrogen-bond donors (Lipinski definition) is 1. The molecule has 5 nitrogen and oxygen atoms in total. The van der Waals surface area contributed by atoms with Gasteiger partial charge in [-0.3, -0.25) is 0 Å². The lowest BCUT2D eigenvalue weighted by Crippen LogP contribution is -2.31. The highest BCUT2D eigenvalue weighted by molar-refractivity contribution is 5.04. The van der Waals surface area contributed by atoms with Gasteiger partial charge in [-0.1, -0.05) is 30.8 Å². The fourth-order valence-electron chi connectivity index (χ4n) is 3.53. The number of hydrogen-bond acceptors (Lipinski definition) is 5. The third-order valence-corrected chi connectivity index (χ3v) is 5.13. The molecule has 5 heteroatoms. The monoisotopic (exact) mass is 293 g/mol. The van der Waals surface area contributed by atoms with Gasteiger partial charge in [0.15, 0.2) is 0 Å². The summed E-state index contributed by atoms with van der Waals surface area (Å²) < 4.78 is 11.4. The fraction of sp³-hybridized carbons (Fsp3) is 0.875. The molecule has 2 fully saturated rings. The highest BCUT2D eigenvalue weighted by Gasteiger charge is 2.38. The first-order valence-corrected chi connectivity index (χ1v) is 8.33. The van der Waals surface area contributed by atoms with Gasteiger partial charge in [0.05, 0.1) is 0 Å². The second-order valence-corrected chi connectivity index (χ2v) is 6.56. The third-order valence-electron chi connectivity index (χ3n) is 5.13. The van der Waals surface area contributed by atoms with E-state index in [0.29, 0.717) is 6.04 Å². The van der Waals surface area contributed by atoms with E-state index in [9.17, 15) is 0 Å². The van der Waals surface area contributed by atoms with E-state index in [2.05, 4.69) is 15.5 Å². The van der Waals surface area contributed by atoms with Crippen LogP contribution in [-0.4, -0.2) is 30.3 Å². The lowest BCUT2D eigenvalue weighted by atomic mass is 9.93. The van der Waals surface area contributed by atoms with E-state index in [1.807, 2.05) is 7.05 Å². The van der Waals surface area contributed by atoms with Gasteiger partial charge in [0.1, 0.15) is 5.60 Å². The van der Waals surface area contributed by atoms with Crippen molar-refractivity contribution < 1.29 is 9.26 Å². The van der Waals surface area contributed by atoms with E-state index in [1.54, 1.807) is 7.11 Å². The number of ether oxygens (including phenoxy) is 1. The second kappa shape index (κ2) is 6.44. The summed E-state index contributed by atoms with van der Waals surface area (Å²) in [7, 11) is 3.80. The lowest BCUT2D eigenvalue weighted by molar-refractivity contribution is -0.0365. The summed E-state index contributed by atoms with van der Waals surface area (Å²) >= 11 is 0. The van der Waals surface area contributed by atoms with Crippen molar-refractivity contribution in [2.24, 2.45) is 5.92 Å². The minimum Gasteiger partial charge on any atom is -0.370 e. The predicted molar refractivity (Wildman–Crippen MR) is 80.0 cm³/mol. The van der Waals surface area contributed by atoms with Crippen molar-refractivity contribution in [1.82, 2.24) is 15.5 Å². The lowest BCUT2D eigenvalue weighted by Gasteiger charge is -2.27. The topological polar surface area (TPSA) is 60.2 Å². The molecule has 0 amide bonds. The Labute approximate surface area is 126 Å². The molecule has 1 atom stereocenters.